The Balaban J connectivity index is 2.45. The molecule has 0 aromatic carbocycles. The molecule has 2 N–H and O–H groups in total. The second-order valence-electron chi connectivity index (χ2n) is 3.60. The molecule has 1 atom stereocenters. The lowest BCUT2D eigenvalue weighted by molar-refractivity contribution is 0.0938. The van der Waals surface area contributed by atoms with E-state index in [0.29, 0.717) is 10.1 Å². The molecule has 0 aliphatic rings. The highest BCUT2D eigenvalue weighted by molar-refractivity contribution is 7.98. The van der Waals surface area contributed by atoms with E-state index in [-0.39, 0.29) is 11.9 Å². The van der Waals surface area contributed by atoms with Crippen molar-refractivity contribution in [2.24, 2.45) is 0 Å². The number of hydrogen-bond acceptors (Lipinski definition) is 6. The lowest BCUT2D eigenvalue weighted by Gasteiger charge is -2.11. The third-order valence-electron chi connectivity index (χ3n) is 2.08. The van der Waals surface area contributed by atoms with Crippen LogP contribution in [0.2, 0.25) is 0 Å². The van der Waals surface area contributed by atoms with Gasteiger partial charge in [-0.05, 0) is 32.3 Å². The van der Waals surface area contributed by atoms with Crippen LogP contribution in [0.4, 0.5) is 5.13 Å². The highest BCUT2D eigenvalue weighted by atomic mass is 32.2. The third-order valence-corrected chi connectivity index (χ3v) is 3.60. The molecule has 0 spiro atoms. The van der Waals surface area contributed by atoms with Crippen molar-refractivity contribution in [1.29, 1.82) is 0 Å². The number of hydrogen-bond donors (Lipinski definition) is 2. The van der Waals surface area contributed by atoms with Crippen molar-refractivity contribution in [2.45, 2.75) is 26.3 Å². The van der Waals surface area contributed by atoms with Crippen molar-refractivity contribution in [2.75, 3.05) is 23.9 Å². The quantitative estimate of drug-likeness (QED) is 0.794. The van der Waals surface area contributed by atoms with Crippen molar-refractivity contribution in [3.05, 3.63) is 5.01 Å². The van der Waals surface area contributed by atoms with E-state index in [2.05, 4.69) is 27.1 Å². The summed E-state index contributed by atoms with van der Waals surface area (Å²) in [6.45, 7) is 4.76. The molecule has 1 aromatic rings. The van der Waals surface area contributed by atoms with Gasteiger partial charge in [-0.3, -0.25) is 4.79 Å². The van der Waals surface area contributed by atoms with E-state index in [4.69, 9.17) is 0 Å². The molecule has 0 saturated heterocycles. The summed E-state index contributed by atoms with van der Waals surface area (Å²) in [6, 6.07) is 0.168. The van der Waals surface area contributed by atoms with Gasteiger partial charge in [0.15, 0.2) is 0 Å². The summed E-state index contributed by atoms with van der Waals surface area (Å²) >= 11 is 3.06. The van der Waals surface area contributed by atoms with Crippen molar-refractivity contribution in [3.8, 4) is 0 Å². The minimum absolute atomic E-state index is 0.139. The number of nitrogens with zero attached hydrogens (tertiary/aromatic N) is 2. The maximum atomic E-state index is 11.8. The summed E-state index contributed by atoms with van der Waals surface area (Å²) in [7, 11) is 0. The normalized spacial score (nSPS) is 12.2. The average molecular weight is 274 g/mol. The largest absolute Gasteiger partial charge is 0.360 e. The van der Waals surface area contributed by atoms with Crippen LogP contribution < -0.4 is 10.6 Å². The van der Waals surface area contributed by atoms with E-state index in [9.17, 15) is 4.79 Å². The first-order valence-corrected chi connectivity index (χ1v) is 7.75. The molecule has 1 amide bonds. The summed E-state index contributed by atoms with van der Waals surface area (Å²) in [5, 5.41) is 14.8. The van der Waals surface area contributed by atoms with Crippen LogP contribution in [0.25, 0.3) is 0 Å². The van der Waals surface area contributed by atoms with Crippen LogP contribution in [-0.2, 0) is 0 Å². The van der Waals surface area contributed by atoms with Crippen molar-refractivity contribution in [3.63, 3.8) is 0 Å². The predicted molar refractivity (Wildman–Crippen MR) is 74.0 cm³/mol. The average Bonchev–Trinajstić information content (AvgIpc) is 2.75. The summed E-state index contributed by atoms with van der Waals surface area (Å²) in [5.41, 5.74) is 0. The van der Waals surface area contributed by atoms with Crippen LogP contribution in [0.1, 0.15) is 30.1 Å². The van der Waals surface area contributed by atoms with Crippen molar-refractivity contribution < 1.29 is 4.79 Å². The molecule has 5 nitrogen and oxygen atoms in total. The first kappa shape index (κ1) is 14.2. The summed E-state index contributed by atoms with van der Waals surface area (Å²) < 4.78 is 0. The molecular weight excluding hydrogens is 256 g/mol. The number of carbonyl (C=O) groups is 1. The number of rotatable bonds is 7. The molecule has 1 rings (SSSR count). The molecule has 0 radical (unpaired) electrons. The number of nitrogens with one attached hydrogen (secondary N) is 2. The van der Waals surface area contributed by atoms with E-state index in [1.807, 2.05) is 13.8 Å². The van der Waals surface area contributed by atoms with Crippen molar-refractivity contribution >= 4 is 34.1 Å². The second-order valence-corrected chi connectivity index (χ2v) is 5.56. The van der Waals surface area contributed by atoms with Gasteiger partial charge < -0.3 is 10.6 Å². The lowest BCUT2D eigenvalue weighted by atomic mass is 10.2. The van der Waals surface area contributed by atoms with Gasteiger partial charge >= 0.3 is 0 Å². The molecule has 0 bridgehead atoms. The Kier molecular flexibility index (Phi) is 6.28. The van der Waals surface area contributed by atoms with Gasteiger partial charge in [0.05, 0.1) is 0 Å². The van der Waals surface area contributed by atoms with Crippen LogP contribution >= 0.6 is 23.1 Å². The highest BCUT2D eigenvalue weighted by Gasteiger charge is 2.14. The molecule has 0 fully saturated rings. The number of aromatic nitrogens is 2. The molecule has 0 aliphatic carbocycles. The fraction of sp³-hybridized carbons (Fsp3) is 0.700. The molecule has 1 heterocycles. The van der Waals surface area contributed by atoms with Gasteiger partial charge in [0.1, 0.15) is 0 Å². The van der Waals surface area contributed by atoms with Gasteiger partial charge in [-0.1, -0.05) is 11.3 Å². The predicted octanol–water partition coefficient (Wildman–Crippen LogP) is 1.84. The van der Waals surface area contributed by atoms with Gasteiger partial charge in [-0.15, -0.1) is 10.2 Å². The minimum atomic E-state index is -0.139. The first-order chi connectivity index (χ1) is 8.17. The fourth-order valence-corrected chi connectivity index (χ4v) is 2.49. The molecule has 1 unspecified atom stereocenters. The Morgan fingerprint density at radius 3 is 2.94 bits per heavy atom. The van der Waals surface area contributed by atoms with Crippen LogP contribution in [0.5, 0.6) is 0 Å². The summed E-state index contributed by atoms with van der Waals surface area (Å²) in [6.07, 6.45) is 3.02. The zero-order chi connectivity index (χ0) is 12.7. The maximum absolute atomic E-state index is 11.8. The van der Waals surface area contributed by atoms with Crippen LogP contribution in [0.15, 0.2) is 0 Å². The zero-order valence-electron chi connectivity index (χ0n) is 10.3. The second kappa shape index (κ2) is 7.50. The van der Waals surface area contributed by atoms with Crippen LogP contribution in [0.3, 0.4) is 0 Å². The summed E-state index contributed by atoms with van der Waals surface area (Å²) in [5.74, 6) is 0.903. The lowest BCUT2D eigenvalue weighted by Crippen LogP contribution is -2.32. The number of anilines is 1. The molecule has 0 aliphatic heterocycles. The third kappa shape index (κ3) is 4.91. The standard InChI is InChI=1S/C10H18N4OS2/c1-4-11-10-14-13-9(17-10)8(15)12-7(2)5-6-16-3/h7H,4-6H2,1-3H3,(H,11,14)(H,12,15). The Labute approximate surface area is 110 Å². The fourth-order valence-electron chi connectivity index (χ4n) is 1.19. The van der Waals surface area contributed by atoms with Gasteiger partial charge in [-0.25, -0.2) is 0 Å². The topological polar surface area (TPSA) is 66.9 Å². The van der Waals surface area contributed by atoms with E-state index >= 15 is 0 Å². The molecule has 7 heteroatoms. The molecule has 0 saturated carbocycles. The zero-order valence-corrected chi connectivity index (χ0v) is 12.0. The number of carbonyl (C=O) groups excluding carboxylic acids is 1. The van der Waals surface area contributed by atoms with E-state index in [1.165, 1.54) is 11.3 Å². The highest BCUT2D eigenvalue weighted by Crippen LogP contribution is 2.14. The van der Waals surface area contributed by atoms with E-state index in [0.717, 1.165) is 18.7 Å². The minimum Gasteiger partial charge on any atom is -0.360 e. The van der Waals surface area contributed by atoms with Crippen molar-refractivity contribution in [1.82, 2.24) is 15.5 Å². The van der Waals surface area contributed by atoms with Gasteiger partial charge in [0.25, 0.3) is 5.91 Å². The Morgan fingerprint density at radius 2 is 2.29 bits per heavy atom. The SMILES string of the molecule is CCNc1nnc(C(=O)NC(C)CCSC)s1. The van der Waals surface area contributed by atoms with Gasteiger partial charge in [0, 0.05) is 12.6 Å². The van der Waals surface area contributed by atoms with Gasteiger partial charge in [0.2, 0.25) is 10.1 Å². The monoisotopic (exact) mass is 274 g/mol. The molecule has 1 aromatic heterocycles. The molecular formula is C10H18N4OS2. The maximum Gasteiger partial charge on any atom is 0.282 e. The Hall–Kier alpha value is -0.820. The Bertz CT molecular complexity index is 356. The Morgan fingerprint density at radius 1 is 1.53 bits per heavy atom. The molecule has 17 heavy (non-hydrogen) atoms. The first-order valence-electron chi connectivity index (χ1n) is 5.54. The van der Waals surface area contributed by atoms with Crippen LogP contribution in [-0.4, -0.2) is 40.7 Å². The number of amides is 1. The van der Waals surface area contributed by atoms with Crippen LogP contribution in [0, 0.1) is 0 Å². The number of thioether (sulfide) groups is 1. The summed E-state index contributed by atoms with van der Waals surface area (Å²) in [4.78, 5) is 11.8. The molecule has 96 valence electrons. The van der Waals surface area contributed by atoms with E-state index in [1.54, 1.807) is 11.8 Å². The smallest absolute Gasteiger partial charge is 0.282 e. The van der Waals surface area contributed by atoms with E-state index < -0.39 is 0 Å². The van der Waals surface area contributed by atoms with Gasteiger partial charge in [-0.2, -0.15) is 11.8 Å².